The maximum atomic E-state index is 12.9. The van der Waals surface area contributed by atoms with E-state index in [1.165, 1.54) is 18.3 Å². The van der Waals surface area contributed by atoms with Crippen molar-refractivity contribution in [2.24, 2.45) is 5.92 Å². The number of pyridine rings is 1. The van der Waals surface area contributed by atoms with Gasteiger partial charge in [-0.3, -0.25) is 4.98 Å². The molecular formula is C24H27F3N4O. The van der Waals surface area contributed by atoms with Gasteiger partial charge in [0.2, 0.25) is 0 Å². The number of aldehydes is 1. The molecule has 3 aromatic rings. The Morgan fingerprint density at radius 1 is 1.03 bits per heavy atom. The van der Waals surface area contributed by atoms with Crippen LogP contribution in [0, 0.1) is 5.92 Å². The molecule has 0 aliphatic carbocycles. The lowest BCUT2D eigenvalue weighted by molar-refractivity contribution is -0.137. The Bertz CT molecular complexity index is 1040. The molecule has 0 aliphatic rings. The normalized spacial score (nSPS) is 13.7. The summed E-state index contributed by atoms with van der Waals surface area (Å²) in [6.07, 6.45) is 5.55. The molecule has 2 atom stereocenters. The van der Waals surface area contributed by atoms with E-state index < -0.39 is 11.7 Å². The van der Waals surface area contributed by atoms with Crippen molar-refractivity contribution < 1.29 is 18.0 Å². The predicted octanol–water partition coefficient (Wildman–Crippen LogP) is 6.30. The second kappa shape index (κ2) is 10.5. The van der Waals surface area contributed by atoms with E-state index in [0.717, 1.165) is 44.1 Å². The summed E-state index contributed by atoms with van der Waals surface area (Å²) in [5.41, 5.74) is 1.51. The van der Waals surface area contributed by atoms with Crippen molar-refractivity contribution >= 4 is 23.1 Å². The summed E-state index contributed by atoms with van der Waals surface area (Å²) in [6, 6.07) is 4.82. The van der Waals surface area contributed by atoms with Gasteiger partial charge < -0.3 is 10.1 Å². The fraction of sp³-hybridized carbons (Fsp3) is 0.417. The summed E-state index contributed by atoms with van der Waals surface area (Å²) < 4.78 is 38.7. The molecule has 2 heterocycles. The zero-order chi connectivity index (χ0) is 23.1. The van der Waals surface area contributed by atoms with E-state index in [0.29, 0.717) is 40.3 Å². The first-order chi connectivity index (χ1) is 15.3. The number of hydrogen-bond acceptors (Lipinski definition) is 5. The van der Waals surface area contributed by atoms with E-state index in [4.69, 9.17) is 0 Å². The lowest BCUT2D eigenvalue weighted by Gasteiger charge is -2.19. The summed E-state index contributed by atoms with van der Waals surface area (Å²) in [6.45, 7) is 4.38. The first-order valence-corrected chi connectivity index (χ1v) is 10.8. The van der Waals surface area contributed by atoms with Crippen molar-refractivity contribution in [2.75, 3.05) is 5.32 Å². The number of carbonyl (C=O) groups excluding carboxylic acids is 1. The van der Waals surface area contributed by atoms with Crippen molar-refractivity contribution in [2.45, 2.75) is 58.2 Å². The van der Waals surface area contributed by atoms with Crippen LogP contribution in [0.15, 0.2) is 42.9 Å². The number of hydrogen-bond donors (Lipinski definition) is 1. The number of nitrogens with one attached hydrogen (secondary N) is 1. The van der Waals surface area contributed by atoms with E-state index in [9.17, 15) is 18.0 Å². The third kappa shape index (κ3) is 5.81. The predicted molar refractivity (Wildman–Crippen MR) is 119 cm³/mol. The number of carbonyl (C=O) groups is 1. The maximum Gasteiger partial charge on any atom is 0.416 e. The van der Waals surface area contributed by atoms with E-state index in [2.05, 4.69) is 34.1 Å². The highest BCUT2D eigenvalue weighted by Crippen LogP contribution is 2.33. The van der Waals surface area contributed by atoms with Crippen LogP contribution < -0.4 is 5.32 Å². The van der Waals surface area contributed by atoms with Crippen LogP contribution in [0.2, 0.25) is 0 Å². The van der Waals surface area contributed by atoms with Gasteiger partial charge in [-0.05, 0) is 30.0 Å². The summed E-state index contributed by atoms with van der Waals surface area (Å²) in [5.74, 6) is 1.15. The molecule has 5 nitrogen and oxygen atoms in total. The van der Waals surface area contributed by atoms with E-state index in [1.807, 2.05) is 0 Å². The standard InChI is InChI=1S/C24H27F3N4O/c1-3-16(2)5-4-6-19(11-14-32)31-23-22-21(28-12-13-29-22)20(15-30-23)17-7-9-18(10-8-17)24(25,26)27/h7-10,12-16,19H,3-6,11H2,1-2H3,(H,30,31)/t16-,19?/m1/s1. The second-order valence-corrected chi connectivity index (χ2v) is 8.04. The number of halogens is 3. The molecule has 1 unspecified atom stereocenters. The number of aromatic nitrogens is 3. The zero-order valence-corrected chi connectivity index (χ0v) is 18.2. The van der Waals surface area contributed by atoms with Crippen LogP contribution in [-0.2, 0) is 11.0 Å². The van der Waals surface area contributed by atoms with Crippen molar-refractivity contribution in [3.8, 4) is 11.1 Å². The smallest absolute Gasteiger partial charge is 0.365 e. The summed E-state index contributed by atoms with van der Waals surface area (Å²) >= 11 is 0. The Morgan fingerprint density at radius 2 is 1.72 bits per heavy atom. The first kappa shape index (κ1) is 23.6. The average molecular weight is 445 g/mol. The third-order valence-electron chi connectivity index (χ3n) is 5.69. The highest BCUT2D eigenvalue weighted by Gasteiger charge is 2.30. The van der Waals surface area contributed by atoms with Crippen molar-refractivity contribution in [3.63, 3.8) is 0 Å². The van der Waals surface area contributed by atoms with Gasteiger partial charge in [0.05, 0.1) is 5.56 Å². The second-order valence-electron chi connectivity index (χ2n) is 8.04. The Balaban J connectivity index is 1.87. The van der Waals surface area contributed by atoms with Crippen LogP contribution >= 0.6 is 0 Å². The van der Waals surface area contributed by atoms with Crippen LogP contribution in [0.3, 0.4) is 0 Å². The first-order valence-electron chi connectivity index (χ1n) is 10.8. The molecule has 0 bridgehead atoms. The molecule has 3 rings (SSSR count). The van der Waals surface area contributed by atoms with Crippen LogP contribution in [0.25, 0.3) is 22.2 Å². The molecule has 0 spiro atoms. The van der Waals surface area contributed by atoms with E-state index in [1.54, 1.807) is 12.4 Å². The molecule has 1 N–H and O–H groups in total. The van der Waals surface area contributed by atoms with Crippen LogP contribution in [0.4, 0.5) is 19.0 Å². The SMILES string of the molecule is CC[C@@H](C)CCCC(CC=O)Nc1ncc(-c2ccc(C(F)(F)F)cc2)c2nccnc12. The largest absolute Gasteiger partial charge is 0.416 e. The van der Waals surface area contributed by atoms with Gasteiger partial charge in [0.25, 0.3) is 0 Å². The molecule has 0 saturated carbocycles. The third-order valence-corrected chi connectivity index (χ3v) is 5.69. The zero-order valence-electron chi connectivity index (χ0n) is 18.2. The monoisotopic (exact) mass is 444 g/mol. The highest BCUT2D eigenvalue weighted by molar-refractivity contribution is 5.96. The minimum absolute atomic E-state index is 0.0776. The summed E-state index contributed by atoms with van der Waals surface area (Å²) in [4.78, 5) is 24.5. The molecule has 0 saturated heterocycles. The van der Waals surface area contributed by atoms with Crippen molar-refractivity contribution in [1.29, 1.82) is 0 Å². The number of benzene rings is 1. The Hall–Kier alpha value is -3.03. The number of rotatable bonds is 10. The summed E-state index contributed by atoms with van der Waals surface area (Å²) in [5, 5.41) is 3.33. The molecule has 0 amide bonds. The Labute approximate surface area is 185 Å². The fourth-order valence-electron chi connectivity index (χ4n) is 3.59. The van der Waals surface area contributed by atoms with Crippen LogP contribution in [0.1, 0.15) is 51.5 Å². The number of fused-ring (bicyclic) bond motifs is 1. The Kier molecular flexibility index (Phi) is 7.77. The molecule has 8 heteroatoms. The number of nitrogens with zero attached hydrogens (tertiary/aromatic N) is 3. The van der Waals surface area contributed by atoms with E-state index >= 15 is 0 Å². The molecule has 0 fully saturated rings. The number of anilines is 1. The highest BCUT2D eigenvalue weighted by atomic mass is 19.4. The number of alkyl halides is 3. The minimum atomic E-state index is -4.39. The van der Waals surface area contributed by atoms with Gasteiger partial charge in [0, 0.05) is 36.6 Å². The molecular weight excluding hydrogens is 417 g/mol. The van der Waals surface area contributed by atoms with Crippen molar-refractivity contribution in [1.82, 2.24) is 15.0 Å². The lowest BCUT2D eigenvalue weighted by Crippen LogP contribution is -2.21. The lowest BCUT2D eigenvalue weighted by atomic mass is 9.98. The van der Waals surface area contributed by atoms with Gasteiger partial charge in [0.15, 0.2) is 5.82 Å². The fourth-order valence-corrected chi connectivity index (χ4v) is 3.59. The van der Waals surface area contributed by atoms with Crippen molar-refractivity contribution in [3.05, 3.63) is 48.4 Å². The van der Waals surface area contributed by atoms with E-state index in [-0.39, 0.29) is 6.04 Å². The van der Waals surface area contributed by atoms with Gasteiger partial charge >= 0.3 is 6.18 Å². The van der Waals surface area contributed by atoms with Gasteiger partial charge in [-0.25, -0.2) is 9.97 Å². The van der Waals surface area contributed by atoms with Crippen LogP contribution in [-0.4, -0.2) is 27.3 Å². The molecule has 1 aromatic carbocycles. The van der Waals surface area contributed by atoms with Gasteiger partial charge in [0.1, 0.15) is 17.3 Å². The van der Waals surface area contributed by atoms with Gasteiger partial charge in [-0.15, -0.1) is 0 Å². The van der Waals surface area contributed by atoms with Gasteiger partial charge in [-0.2, -0.15) is 13.2 Å². The molecule has 0 radical (unpaired) electrons. The summed E-state index contributed by atoms with van der Waals surface area (Å²) in [7, 11) is 0. The molecule has 170 valence electrons. The molecule has 32 heavy (non-hydrogen) atoms. The Morgan fingerprint density at radius 3 is 2.34 bits per heavy atom. The molecule has 0 aliphatic heterocycles. The van der Waals surface area contributed by atoms with Crippen LogP contribution in [0.5, 0.6) is 0 Å². The minimum Gasteiger partial charge on any atom is -0.365 e. The maximum absolute atomic E-state index is 12.9. The molecule has 2 aromatic heterocycles. The quantitative estimate of drug-likeness (QED) is 0.372. The average Bonchev–Trinajstić information content (AvgIpc) is 2.78. The topological polar surface area (TPSA) is 67.8 Å². The van der Waals surface area contributed by atoms with Gasteiger partial charge in [-0.1, -0.05) is 45.2 Å².